The van der Waals surface area contributed by atoms with Crippen LogP contribution in [0.25, 0.3) is 73.7 Å². The van der Waals surface area contributed by atoms with E-state index in [1.54, 1.807) is 0 Å². The summed E-state index contributed by atoms with van der Waals surface area (Å²) in [5, 5.41) is 4.97. The van der Waals surface area contributed by atoms with E-state index in [2.05, 4.69) is 316 Å². The van der Waals surface area contributed by atoms with Gasteiger partial charge in [-0.1, -0.05) is 270 Å². The second-order valence-electron chi connectivity index (χ2n) is 21.9. The van der Waals surface area contributed by atoms with Crippen LogP contribution in [0.15, 0.2) is 249 Å². The molecule has 1 unspecified atom stereocenters. The number of hydrogen-bond donors (Lipinski definition) is 0. The second-order valence-corrected chi connectivity index (χ2v) is 21.9. The molecular formula is C81H80N2. The van der Waals surface area contributed by atoms with Gasteiger partial charge >= 0.3 is 0 Å². The van der Waals surface area contributed by atoms with Gasteiger partial charge < -0.3 is 9.47 Å². The zero-order valence-electron chi connectivity index (χ0n) is 50.6. The Hall–Kier alpha value is -9.24. The van der Waals surface area contributed by atoms with E-state index in [9.17, 15) is 0 Å². The third-order valence-corrected chi connectivity index (χ3v) is 16.6. The van der Waals surface area contributed by atoms with Crippen LogP contribution in [0, 0.1) is 26.7 Å². The van der Waals surface area contributed by atoms with Crippen LogP contribution in [0.3, 0.4) is 0 Å². The van der Waals surface area contributed by atoms with Crippen LogP contribution in [-0.4, -0.2) is 4.57 Å². The van der Waals surface area contributed by atoms with E-state index < -0.39 is 0 Å². The molecule has 1 heterocycles. The summed E-state index contributed by atoms with van der Waals surface area (Å²) in [5.41, 5.74) is 24.8. The highest BCUT2D eigenvalue weighted by molar-refractivity contribution is 6.11. The number of allylic oxidation sites excluding steroid dienone is 8. The van der Waals surface area contributed by atoms with E-state index in [0.717, 1.165) is 11.4 Å². The Morgan fingerprint density at radius 1 is 0.578 bits per heavy atom. The predicted octanol–water partition coefficient (Wildman–Crippen LogP) is 23.0. The molecule has 0 N–H and O–H groups in total. The van der Waals surface area contributed by atoms with Crippen molar-refractivity contribution >= 4 is 68.5 Å². The highest BCUT2D eigenvalue weighted by Gasteiger charge is 2.42. The summed E-state index contributed by atoms with van der Waals surface area (Å²) in [7, 11) is 2.12. The number of anilines is 3. The minimum atomic E-state index is -0.322. The third-order valence-electron chi connectivity index (χ3n) is 16.6. The van der Waals surface area contributed by atoms with E-state index in [1.807, 2.05) is 38.2 Å². The van der Waals surface area contributed by atoms with Crippen molar-refractivity contribution in [3.05, 3.63) is 311 Å². The molecule has 1 aromatic heterocycles. The van der Waals surface area contributed by atoms with Crippen molar-refractivity contribution < 1.29 is 0 Å². The third kappa shape index (κ3) is 11.8. The van der Waals surface area contributed by atoms with Gasteiger partial charge in [-0.15, -0.1) is 0 Å². The summed E-state index contributed by atoms with van der Waals surface area (Å²) in [6.07, 6.45) is 20.7. The van der Waals surface area contributed by atoms with Crippen LogP contribution in [0.2, 0.25) is 0 Å². The minimum Gasteiger partial charge on any atom is -0.347 e. The number of aromatic nitrogens is 1. The molecule has 0 aliphatic heterocycles. The van der Waals surface area contributed by atoms with Crippen LogP contribution in [0.1, 0.15) is 110 Å². The number of nitrogens with zero attached hydrogens (tertiary/aromatic N) is 2. The highest BCUT2D eigenvalue weighted by Crippen LogP contribution is 2.57. The fraction of sp³-hybridized carbons (Fsp3) is 0.160. The Kier molecular flexibility index (Phi) is 18.4. The van der Waals surface area contributed by atoms with Crippen molar-refractivity contribution in [1.29, 1.82) is 0 Å². The van der Waals surface area contributed by atoms with Crippen LogP contribution in [0.5, 0.6) is 0 Å². The molecule has 414 valence electrons. The fourth-order valence-electron chi connectivity index (χ4n) is 11.9. The van der Waals surface area contributed by atoms with Crippen molar-refractivity contribution in [2.45, 2.75) is 74.7 Å². The molecule has 11 rings (SSSR count). The molecule has 0 saturated carbocycles. The average molecular weight is 1080 g/mol. The lowest BCUT2D eigenvalue weighted by Gasteiger charge is -2.32. The molecule has 0 bridgehead atoms. The lowest BCUT2D eigenvalue weighted by molar-refractivity contribution is 0.713. The number of rotatable bonds is 14. The Morgan fingerprint density at radius 2 is 1.24 bits per heavy atom. The summed E-state index contributed by atoms with van der Waals surface area (Å²) < 4.78 is 2.24. The smallest absolute Gasteiger partial charge is 0.0543 e. The van der Waals surface area contributed by atoms with Gasteiger partial charge in [0.2, 0.25) is 0 Å². The van der Waals surface area contributed by atoms with Crippen LogP contribution in [0.4, 0.5) is 17.1 Å². The molecule has 2 heteroatoms. The Morgan fingerprint density at radius 3 is 1.94 bits per heavy atom. The molecule has 0 amide bonds. The first-order chi connectivity index (χ1) is 40.4. The summed E-state index contributed by atoms with van der Waals surface area (Å²) in [5.74, 6) is 0.488. The van der Waals surface area contributed by atoms with E-state index in [4.69, 9.17) is 0 Å². The van der Waals surface area contributed by atoms with Gasteiger partial charge in [0.15, 0.2) is 0 Å². The molecule has 1 atom stereocenters. The molecule has 0 spiro atoms. The summed E-state index contributed by atoms with van der Waals surface area (Å²) in [6.45, 7) is 29.4. The zero-order chi connectivity index (χ0) is 58.8. The van der Waals surface area contributed by atoms with Crippen molar-refractivity contribution in [1.82, 2.24) is 4.57 Å². The number of benzene rings is 9. The second kappa shape index (κ2) is 26.1. The SMILES string of the molecule is C=C/C=C\C(=C(/C)C(C)C)c1ccc(/C=C\c2c(/C=C\C=C)c(C)n(C)c2/C=C/C)cc1C.CC.Cc1ccc2c(c1)C(C)(c1ccccc1)c1cc(N(c3cccc(-c4ccccc4)c3)c3ccc4ccccc4c3)c3ccccc3c1-2. The maximum Gasteiger partial charge on any atom is 0.0543 e. The monoisotopic (exact) mass is 1080 g/mol. The van der Waals surface area contributed by atoms with E-state index >= 15 is 0 Å². The van der Waals surface area contributed by atoms with Gasteiger partial charge in [-0.25, -0.2) is 0 Å². The molecule has 10 aromatic rings. The fourth-order valence-corrected chi connectivity index (χ4v) is 11.9. The van der Waals surface area contributed by atoms with E-state index in [1.165, 1.54) is 122 Å². The Labute approximate surface area is 495 Å². The zero-order valence-corrected chi connectivity index (χ0v) is 50.6. The van der Waals surface area contributed by atoms with E-state index in [-0.39, 0.29) is 5.41 Å². The molecule has 1 aliphatic carbocycles. The van der Waals surface area contributed by atoms with Crippen LogP contribution in [-0.2, 0) is 12.5 Å². The summed E-state index contributed by atoms with van der Waals surface area (Å²) >= 11 is 0. The highest BCUT2D eigenvalue weighted by atomic mass is 15.1. The normalized spacial score (nSPS) is 14.0. The van der Waals surface area contributed by atoms with Crippen LogP contribution < -0.4 is 4.90 Å². The van der Waals surface area contributed by atoms with Crippen molar-refractivity contribution in [2.75, 3.05) is 4.90 Å². The van der Waals surface area contributed by atoms with Gasteiger partial charge in [-0.05, 0) is 161 Å². The first-order valence-corrected chi connectivity index (χ1v) is 29.4. The van der Waals surface area contributed by atoms with Crippen molar-refractivity contribution in [3.8, 4) is 22.3 Å². The molecular weight excluding hydrogens is 1000 g/mol. The molecule has 2 nitrogen and oxygen atoms in total. The maximum absolute atomic E-state index is 3.84. The van der Waals surface area contributed by atoms with Gasteiger partial charge in [0.25, 0.3) is 0 Å². The number of aryl methyl sites for hydroxylation is 2. The van der Waals surface area contributed by atoms with E-state index in [0.29, 0.717) is 5.92 Å². The first kappa shape index (κ1) is 58.4. The van der Waals surface area contributed by atoms with Gasteiger partial charge in [-0.3, -0.25) is 0 Å². The largest absolute Gasteiger partial charge is 0.347 e. The van der Waals surface area contributed by atoms with Crippen LogP contribution >= 0.6 is 0 Å². The lowest BCUT2D eigenvalue weighted by atomic mass is 9.73. The molecule has 0 fully saturated rings. The molecule has 1 aliphatic rings. The standard InChI is InChI=1S/C47H35N.C32H39N.C2H6/c1-32-24-27-42-43(28-32)47(2,37-19-7-4-8-20-37)44-31-45(40-22-11-12-23-41(40)46(42)44)48(39-26-25-34-16-9-10-17-35(34)30-39)38-21-13-18-36(29-38)33-14-5-3-6-15-33;1-10-13-16-29(25(7)23(4)5)28-20-18-27(22-24(28)6)19-21-31-30(17-14-11-2)26(8)33(9)32(31)15-12-3;1-2/h3-31H,1-2H3;10-23H,1-2H2,3-9H3;1-2H3/b;15-12+,16-13-,17-14-,21-19-,29-25-;. The lowest BCUT2D eigenvalue weighted by Crippen LogP contribution is -2.23. The van der Waals surface area contributed by atoms with Gasteiger partial charge in [0.1, 0.15) is 0 Å². The average Bonchev–Trinajstić information content (AvgIpc) is 2.67. The van der Waals surface area contributed by atoms with Crippen molar-refractivity contribution in [2.24, 2.45) is 13.0 Å². The van der Waals surface area contributed by atoms with Crippen molar-refractivity contribution in [3.63, 3.8) is 0 Å². The topological polar surface area (TPSA) is 8.17 Å². The number of hydrogen-bond acceptors (Lipinski definition) is 1. The van der Waals surface area contributed by atoms with Gasteiger partial charge in [0.05, 0.1) is 5.69 Å². The summed E-state index contributed by atoms with van der Waals surface area (Å²) in [6, 6.07) is 71.4. The quantitative estimate of drug-likeness (QED) is 0.0986. The maximum atomic E-state index is 3.84. The van der Waals surface area contributed by atoms with Gasteiger partial charge in [-0.2, -0.15) is 0 Å². The first-order valence-electron chi connectivity index (χ1n) is 29.4. The number of fused-ring (bicyclic) bond motifs is 6. The Balaban J connectivity index is 0.000000209. The molecule has 9 aromatic carbocycles. The molecule has 0 saturated heterocycles. The molecule has 83 heavy (non-hydrogen) atoms. The Bertz CT molecular complexity index is 4130. The predicted molar refractivity (Wildman–Crippen MR) is 366 cm³/mol. The molecule has 0 radical (unpaired) electrons. The summed E-state index contributed by atoms with van der Waals surface area (Å²) in [4.78, 5) is 2.47. The minimum absolute atomic E-state index is 0.322. The van der Waals surface area contributed by atoms with Gasteiger partial charge in [0, 0.05) is 51.7 Å².